The molecule has 36 heavy (non-hydrogen) atoms. The molecule has 4 rings (SSSR count). The van der Waals surface area contributed by atoms with Gasteiger partial charge in [0, 0.05) is 29.6 Å². The number of halogens is 4. The number of carbonyl (C=O) groups excluding carboxylic acids is 1. The molecule has 0 radical (unpaired) electrons. The number of aliphatic carboxylic acids is 1. The minimum Gasteiger partial charge on any atom is -0.481 e. The van der Waals surface area contributed by atoms with Crippen LogP contribution in [0, 0.1) is 0 Å². The van der Waals surface area contributed by atoms with Crippen molar-refractivity contribution in [1.29, 1.82) is 0 Å². The molecule has 0 bridgehead atoms. The number of alkyl halides is 2. The lowest BCUT2D eigenvalue weighted by molar-refractivity contribution is -0.137. The van der Waals surface area contributed by atoms with Crippen molar-refractivity contribution in [3.63, 3.8) is 0 Å². The van der Waals surface area contributed by atoms with E-state index in [0.717, 1.165) is 36.9 Å². The lowest BCUT2D eigenvalue weighted by Gasteiger charge is -2.33. The molecule has 1 saturated heterocycles. The van der Waals surface area contributed by atoms with E-state index in [0.29, 0.717) is 18.0 Å². The fourth-order valence-corrected chi connectivity index (χ4v) is 5.31. The molecule has 1 aliphatic heterocycles. The largest absolute Gasteiger partial charge is 0.481 e. The van der Waals surface area contributed by atoms with E-state index >= 15 is 0 Å². The maximum Gasteiger partial charge on any atom is 0.305 e. The summed E-state index contributed by atoms with van der Waals surface area (Å²) < 4.78 is 29.3. The highest BCUT2D eigenvalue weighted by molar-refractivity contribution is 6.33. The molecule has 2 aromatic rings. The lowest BCUT2D eigenvalue weighted by Crippen LogP contribution is -2.45. The molecule has 2 N–H and O–H groups in total. The summed E-state index contributed by atoms with van der Waals surface area (Å²) in [4.78, 5) is 26.2. The second kappa shape index (κ2) is 12.3. The summed E-state index contributed by atoms with van der Waals surface area (Å²) in [6.45, 7) is 0.485. The fourth-order valence-electron chi connectivity index (χ4n) is 5.07. The number of piperidine rings is 1. The third kappa shape index (κ3) is 7.17. The zero-order chi connectivity index (χ0) is 25.0. The molecule has 1 aromatic heterocycles. The number of aromatic nitrogens is 2. The second-order valence-corrected chi connectivity index (χ2v) is 9.98. The summed E-state index contributed by atoms with van der Waals surface area (Å²) in [7, 11) is 0. The van der Waals surface area contributed by atoms with Crippen molar-refractivity contribution in [2.75, 3.05) is 19.6 Å². The average molecular weight is 545 g/mol. The number of benzene rings is 1. The van der Waals surface area contributed by atoms with Crippen LogP contribution in [0.3, 0.4) is 0 Å². The van der Waals surface area contributed by atoms with Gasteiger partial charge < -0.3 is 10.4 Å². The van der Waals surface area contributed by atoms with Crippen LogP contribution < -0.4 is 5.32 Å². The van der Waals surface area contributed by atoms with Crippen LogP contribution in [0.5, 0.6) is 0 Å². The number of nitrogens with zero attached hydrogens (tertiary/aromatic N) is 3. The predicted molar refractivity (Wildman–Crippen MR) is 136 cm³/mol. The number of carboxylic acids is 1. The van der Waals surface area contributed by atoms with Gasteiger partial charge in [-0.25, -0.2) is 8.78 Å². The van der Waals surface area contributed by atoms with Crippen molar-refractivity contribution in [1.82, 2.24) is 20.0 Å². The molecule has 0 spiro atoms. The molecule has 1 saturated carbocycles. The fraction of sp³-hybridized carbons (Fsp3) is 0.560. The number of rotatable bonds is 9. The zero-order valence-corrected chi connectivity index (χ0v) is 21.5. The number of likely N-dealkylation sites (tertiary alicyclic amines) is 1. The van der Waals surface area contributed by atoms with E-state index in [-0.39, 0.29) is 56.5 Å². The topological polar surface area (TPSA) is 87.5 Å². The molecule has 1 atom stereocenters. The molecule has 1 amide bonds. The van der Waals surface area contributed by atoms with Crippen LogP contribution in [-0.2, 0) is 4.79 Å². The van der Waals surface area contributed by atoms with Gasteiger partial charge in [-0.15, -0.1) is 12.4 Å². The first kappa shape index (κ1) is 28.3. The predicted octanol–water partition coefficient (Wildman–Crippen LogP) is 5.43. The van der Waals surface area contributed by atoms with Crippen LogP contribution in [0.2, 0.25) is 5.02 Å². The Kier molecular flexibility index (Phi) is 9.72. The third-order valence-corrected chi connectivity index (χ3v) is 7.14. The standard InChI is InChI=1S/C25H31ClF2N4O3.ClH/c26-20-9-4-3-8-19(20)22-15-21(30-32(22)18-6-1-2-7-18)24(35)29-17(14-23(33)34)10-13-31-12-5-11-25(27,28)16-31;/h3-4,8-9,15,17-18H,1-2,5-7,10-14,16H2,(H,29,35)(H,33,34);1H. The van der Waals surface area contributed by atoms with E-state index in [1.807, 2.05) is 22.9 Å². The van der Waals surface area contributed by atoms with Gasteiger partial charge in [-0.3, -0.25) is 19.2 Å². The van der Waals surface area contributed by atoms with Gasteiger partial charge in [-0.05, 0) is 44.4 Å². The average Bonchev–Trinajstić information content (AvgIpc) is 3.47. The number of hydrogen-bond acceptors (Lipinski definition) is 4. The summed E-state index contributed by atoms with van der Waals surface area (Å²) in [5.74, 6) is -4.27. The highest BCUT2D eigenvalue weighted by Crippen LogP contribution is 2.36. The van der Waals surface area contributed by atoms with E-state index < -0.39 is 23.8 Å². The minimum atomic E-state index is -2.73. The van der Waals surface area contributed by atoms with Crippen molar-refractivity contribution < 1.29 is 23.5 Å². The molecule has 2 heterocycles. The van der Waals surface area contributed by atoms with Crippen LogP contribution in [-0.4, -0.2) is 63.3 Å². The molecule has 1 unspecified atom stereocenters. The SMILES string of the molecule is Cl.O=C(O)CC(CCN1CCCC(F)(F)C1)NC(=O)c1cc(-c2ccccc2Cl)n(C2CCCC2)n1. The minimum absolute atomic E-state index is 0. The number of carboxylic acid groups (broad SMARTS) is 1. The van der Waals surface area contributed by atoms with E-state index in [1.165, 1.54) is 0 Å². The number of hydrogen-bond donors (Lipinski definition) is 2. The Morgan fingerprint density at radius 2 is 1.94 bits per heavy atom. The molecule has 7 nitrogen and oxygen atoms in total. The molecule has 198 valence electrons. The third-order valence-electron chi connectivity index (χ3n) is 6.81. The van der Waals surface area contributed by atoms with Crippen molar-refractivity contribution in [3.05, 3.63) is 41.0 Å². The van der Waals surface area contributed by atoms with Crippen molar-refractivity contribution in [2.24, 2.45) is 0 Å². The van der Waals surface area contributed by atoms with Crippen molar-refractivity contribution in [2.45, 2.75) is 69.4 Å². The molecule has 1 aliphatic carbocycles. The van der Waals surface area contributed by atoms with Gasteiger partial charge >= 0.3 is 5.97 Å². The first-order chi connectivity index (χ1) is 16.7. The van der Waals surface area contributed by atoms with E-state index in [9.17, 15) is 23.5 Å². The van der Waals surface area contributed by atoms with Crippen LogP contribution in [0.4, 0.5) is 8.78 Å². The van der Waals surface area contributed by atoms with Crippen LogP contribution >= 0.6 is 24.0 Å². The molecule has 11 heteroatoms. The van der Waals surface area contributed by atoms with Gasteiger partial charge in [0.25, 0.3) is 11.8 Å². The molecule has 1 aromatic carbocycles. The van der Waals surface area contributed by atoms with E-state index in [2.05, 4.69) is 10.4 Å². The van der Waals surface area contributed by atoms with Gasteiger partial charge in [0.2, 0.25) is 0 Å². The van der Waals surface area contributed by atoms with Crippen LogP contribution in [0.25, 0.3) is 11.3 Å². The zero-order valence-electron chi connectivity index (χ0n) is 20.0. The number of nitrogens with one attached hydrogen (secondary N) is 1. The first-order valence-corrected chi connectivity index (χ1v) is 12.6. The number of amides is 1. The summed E-state index contributed by atoms with van der Waals surface area (Å²) in [5, 5.41) is 17.3. The summed E-state index contributed by atoms with van der Waals surface area (Å²) >= 11 is 6.44. The van der Waals surface area contributed by atoms with E-state index in [4.69, 9.17) is 11.6 Å². The maximum absolute atomic E-state index is 13.7. The van der Waals surface area contributed by atoms with Crippen molar-refractivity contribution >= 4 is 35.9 Å². The summed E-state index contributed by atoms with van der Waals surface area (Å²) in [6.07, 6.45) is 4.33. The summed E-state index contributed by atoms with van der Waals surface area (Å²) in [6, 6.07) is 8.54. The van der Waals surface area contributed by atoms with Crippen molar-refractivity contribution in [3.8, 4) is 11.3 Å². The van der Waals surface area contributed by atoms with Gasteiger partial charge in [-0.2, -0.15) is 5.10 Å². The Morgan fingerprint density at radius 3 is 2.61 bits per heavy atom. The van der Waals surface area contributed by atoms with Gasteiger partial charge in [0.15, 0.2) is 5.69 Å². The molecular weight excluding hydrogens is 513 g/mol. The molecule has 2 fully saturated rings. The highest BCUT2D eigenvalue weighted by Gasteiger charge is 2.35. The number of carbonyl (C=O) groups is 2. The molecular formula is C25H32Cl2F2N4O3. The lowest BCUT2D eigenvalue weighted by atomic mass is 10.1. The van der Waals surface area contributed by atoms with Crippen LogP contribution in [0.1, 0.15) is 67.9 Å². The molecule has 2 aliphatic rings. The Balaban J connectivity index is 0.00000361. The maximum atomic E-state index is 13.7. The smallest absolute Gasteiger partial charge is 0.305 e. The first-order valence-electron chi connectivity index (χ1n) is 12.2. The Bertz CT molecular complexity index is 1060. The Morgan fingerprint density at radius 1 is 1.22 bits per heavy atom. The second-order valence-electron chi connectivity index (χ2n) is 9.57. The van der Waals surface area contributed by atoms with Gasteiger partial charge in [0.1, 0.15) is 0 Å². The normalized spacial score (nSPS) is 19.0. The Labute approximate surface area is 220 Å². The van der Waals surface area contributed by atoms with E-state index in [1.54, 1.807) is 17.0 Å². The highest BCUT2D eigenvalue weighted by atomic mass is 35.5. The summed E-state index contributed by atoms with van der Waals surface area (Å²) in [5.41, 5.74) is 1.71. The Hall–Kier alpha value is -2.23. The quantitative estimate of drug-likeness (QED) is 0.439. The van der Waals surface area contributed by atoms with Gasteiger partial charge in [0.05, 0.1) is 24.7 Å². The monoisotopic (exact) mass is 544 g/mol. The van der Waals surface area contributed by atoms with Gasteiger partial charge in [-0.1, -0.05) is 42.6 Å². The van der Waals surface area contributed by atoms with Crippen LogP contribution in [0.15, 0.2) is 30.3 Å².